The van der Waals surface area contributed by atoms with E-state index in [-0.39, 0.29) is 44.2 Å². The number of hydrogen-bond acceptors (Lipinski definition) is 7. The van der Waals surface area contributed by atoms with Gasteiger partial charge in [-0.05, 0) is 25.1 Å². The predicted molar refractivity (Wildman–Crippen MR) is 129 cm³/mol. The highest BCUT2D eigenvalue weighted by atomic mass is 19.1. The molecule has 4 rings (SSSR count). The zero-order valence-electron chi connectivity index (χ0n) is 20.2. The number of pyridine rings is 2. The van der Waals surface area contributed by atoms with Gasteiger partial charge in [0.2, 0.25) is 5.43 Å². The molecule has 3 aromatic rings. The van der Waals surface area contributed by atoms with Crippen molar-refractivity contribution in [1.29, 1.82) is 0 Å². The highest BCUT2D eigenvalue weighted by molar-refractivity contribution is 5.99. The quantitative estimate of drug-likeness (QED) is 0.471. The minimum atomic E-state index is -1.06. The van der Waals surface area contributed by atoms with Gasteiger partial charge in [-0.2, -0.15) is 0 Å². The molecule has 37 heavy (non-hydrogen) atoms. The Kier molecular flexibility index (Phi) is 7.48. The lowest BCUT2D eigenvalue weighted by Crippen LogP contribution is -2.55. The number of aromatic nitrogens is 2. The van der Waals surface area contributed by atoms with Crippen LogP contribution < -0.4 is 15.8 Å². The number of carbonyl (C=O) groups excluding carboxylic acids is 2. The van der Waals surface area contributed by atoms with E-state index < -0.39 is 40.2 Å². The first kappa shape index (κ1) is 25.8. The molecule has 1 aromatic carbocycles. The van der Waals surface area contributed by atoms with E-state index in [0.29, 0.717) is 11.8 Å². The number of amides is 2. The van der Waals surface area contributed by atoms with Gasteiger partial charge >= 0.3 is 0 Å². The van der Waals surface area contributed by atoms with Gasteiger partial charge in [0, 0.05) is 43.7 Å². The van der Waals surface area contributed by atoms with E-state index in [2.05, 4.69) is 10.3 Å². The van der Waals surface area contributed by atoms with Crippen LogP contribution in [0.1, 0.15) is 37.8 Å². The van der Waals surface area contributed by atoms with Crippen molar-refractivity contribution in [2.45, 2.75) is 20.0 Å². The zero-order valence-corrected chi connectivity index (χ0v) is 20.2. The fourth-order valence-electron chi connectivity index (χ4n) is 3.96. The molecule has 0 atom stereocenters. The Balaban J connectivity index is 1.70. The minimum Gasteiger partial charge on any atom is -0.502 e. The van der Waals surface area contributed by atoms with Crippen molar-refractivity contribution in [2.24, 2.45) is 0 Å². The van der Waals surface area contributed by atoms with Gasteiger partial charge < -0.3 is 20.1 Å². The number of nitrogens with zero attached hydrogens (tertiary/aromatic N) is 4. The normalized spacial score (nSPS) is 13.0. The van der Waals surface area contributed by atoms with Crippen LogP contribution in [-0.4, -0.2) is 58.4 Å². The molecule has 12 heteroatoms. The second-order valence-corrected chi connectivity index (χ2v) is 8.47. The summed E-state index contributed by atoms with van der Waals surface area (Å²) in [7, 11) is 1.49. The van der Waals surface area contributed by atoms with Crippen LogP contribution in [0.4, 0.5) is 8.78 Å². The van der Waals surface area contributed by atoms with Crippen LogP contribution in [-0.2, 0) is 17.8 Å². The maximum atomic E-state index is 14.0. The van der Waals surface area contributed by atoms with Crippen molar-refractivity contribution < 1.29 is 28.2 Å². The number of nitrogens with one attached hydrogen (secondary N) is 1. The average Bonchev–Trinajstić information content (AvgIpc) is 2.86. The van der Waals surface area contributed by atoms with Crippen molar-refractivity contribution in [1.82, 2.24) is 19.9 Å². The summed E-state index contributed by atoms with van der Waals surface area (Å²) in [4.78, 5) is 44.8. The number of fused-ring (bicyclic) bond motifs is 1. The van der Waals surface area contributed by atoms with Crippen LogP contribution in [0.5, 0.6) is 5.75 Å². The summed E-state index contributed by atoms with van der Waals surface area (Å²) in [6, 6.07) is 8.34. The largest absolute Gasteiger partial charge is 0.502 e. The average molecular weight is 514 g/mol. The Morgan fingerprint density at radius 2 is 2.00 bits per heavy atom. The number of halogens is 2. The number of hydrogen-bond donors (Lipinski definition) is 2. The van der Waals surface area contributed by atoms with Crippen LogP contribution in [0.3, 0.4) is 0 Å². The molecule has 194 valence electrons. The molecule has 0 unspecified atom stereocenters. The Morgan fingerprint density at radius 3 is 2.70 bits per heavy atom. The first-order chi connectivity index (χ1) is 17.7. The van der Waals surface area contributed by atoms with E-state index in [4.69, 9.17) is 4.74 Å². The maximum absolute atomic E-state index is 14.0. The molecular weight excluding hydrogens is 488 g/mol. The fourth-order valence-corrected chi connectivity index (χ4v) is 3.96. The lowest BCUT2D eigenvalue weighted by atomic mass is 10.1. The van der Waals surface area contributed by atoms with E-state index in [1.165, 1.54) is 22.8 Å². The summed E-state index contributed by atoms with van der Waals surface area (Å²) >= 11 is 0. The van der Waals surface area contributed by atoms with Crippen LogP contribution >= 0.6 is 0 Å². The molecule has 0 saturated carbocycles. The second-order valence-electron chi connectivity index (χ2n) is 8.47. The third kappa shape index (κ3) is 5.43. The number of aromatic hydroxyl groups is 1. The Bertz CT molecular complexity index is 1410. The lowest BCUT2D eigenvalue weighted by molar-refractivity contribution is 0.0619. The van der Waals surface area contributed by atoms with Gasteiger partial charge in [0.05, 0.1) is 18.8 Å². The fraction of sp³-hybridized carbons (Fsp3) is 0.280. The molecule has 1 aliphatic rings. The number of methoxy groups -OCH3 is 1. The van der Waals surface area contributed by atoms with Gasteiger partial charge in [-0.1, -0.05) is 12.1 Å². The number of ether oxygens (including phenoxy) is 1. The minimum absolute atomic E-state index is 0.00754. The molecule has 0 spiro atoms. The number of aryl methyl sites for hydroxylation is 1. The van der Waals surface area contributed by atoms with Crippen LogP contribution in [0.15, 0.2) is 47.4 Å². The first-order valence-electron chi connectivity index (χ1n) is 11.4. The van der Waals surface area contributed by atoms with E-state index in [9.17, 15) is 28.3 Å². The Hall–Kier alpha value is -4.32. The summed E-state index contributed by atoms with van der Waals surface area (Å²) in [6.07, 6.45) is 1.16. The molecular formula is C25H25F2N5O5. The molecule has 1 aliphatic heterocycles. The van der Waals surface area contributed by atoms with Gasteiger partial charge in [-0.3, -0.25) is 29.1 Å². The topological polar surface area (TPSA) is 117 Å². The number of rotatable bonds is 8. The van der Waals surface area contributed by atoms with E-state index in [1.54, 1.807) is 11.1 Å². The van der Waals surface area contributed by atoms with Crippen molar-refractivity contribution in [3.8, 4) is 5.75 Å². The van der Waals surface area contributed by atoms with Gasteiger partial charge in [0.25, 0.3) is 11.8 Å². The molecule has 0 saturated heterocycles. The third-order valence-electron chi connectivity index (χ3n) is 5.85. The van der Waals surface area contributed by atoms with Gasteiger partial charge in [0.1, 0.15) is 23.9 Å². The summed E-state index contributed by atoms with van der Waals surface area (Å²) in [5, 5.41) is 14.8. The number of benzene rings is 1. The SMILES string of the molecule is COCCN1CN(Cc2cccc(C)n2)n2cc(C(=O)NCc3ccc(F)cc3F)c(=O)c(O)c2C1=O. The molecule has 0 aliphatic carbocycles. The highest BCUT2D eigenvalue weighted by Gasteiger charge is 2.34. The second kappa shape index (κ2) is 10.7. The van der Waals surface area contributed by atoms with Crippen LogP contribution in [0, 0.1) is 18.6 Å². The summed E-state index contributed by atoms with van der Waals surface area (Å²) < 4.78 is 33.5. The van der Waals surface area contributed by atoms with Crippen LogP contribution in [0.25, 0.3) is 0 Å². The lowest BCUT2D eigenvalue weighted by Gasteiger charge is -2.39. The maximum Gasteiger partial charge on any atom is 0.277 e. The molecule has 2 amide bonds. The summed E-state index contributed by atoms with van der Waals surface area (Å²) in [5.74, 6) is -4.03. The van der Waals surface area contributed by atoms with Gasteiger partial charge in [0.15, 0.2) is 11.4 Å². The molecule has 3 heterocycles. The summed E-state index contributed by atoms with van der Waals surface area (Å²) in [5.41, 5.74) is -0.377. The smallest absolute Gasteiger partial charge is 0.277 e. The molecule has 0 fully saturated rings. The zero-order chi connectivity index (χ0) is 26.7. The van der Waals surface area contributed by atoms with Gasteiger partial charge in [-0.15, -0.1) is 0 Å². The van der Waals surface area contributed by atoms with Crippen molar-refractivity contribution in [3.05, 3.63) is 92.7 Å². The van der Waals surface area contributed by atoms with E-state index in [0.717, 1.165) is 18.0 Å². The third-order valence-corrected chi connectivity index (χ3v) is 5.85. The molecule has 10 nitrogen and oxygen atoms in total. The van der Waals surface area contributed by atoms with Crippen LogP contribution in [0.2, 0.25) is 0 Å². The highest BCUT2D eigenvalue weighted by Crippen LogP contribution is 2.22. The predicted octanol–water partition coefficient (Wildman–Crippen LogP) is 1.66. The molecule has 2 aromatic heterocycles. The molecule has 0 bridgehead atoms. The van der Waals surface area contributed by atoms with Gasteiger partial charge in [-0.25, -0.2) is 8.78 Å². The number of carbonyl (C=O) groups is 2. The van der Waals surface area contributed by atoms with Crippen molar-refractivity contribution in [3.63, 3.8) is 0 Å². The first-order valence-corrected chi connectivity index (χ1v) is 11.4. The standard InChI is InChI=1S/C25H25F2N5O5/c1-15-4-3-5-18(29-15)12-31-14-30(8-9-37-2)25(36)21-23(34)22(33)19(13-32(21)31)24(35)28-11-16-6-7-17(26)10-20(16)27/h3-7,10,13,34H,8-9,11-12,14H2,1-2H3,(H,28,35). The van der Waals surface area contributed by atoms with Crippen molar-refractivity contribution >= 4 is 11.8 Å². The van der Waals surface area contributed by atoms with Crippen molar-refractivity contribution in [2.75, 3.05) is 31.9 Å². The molecule has 0 radical (unpaired) electrons. The summed E-state index contributed by atoms with van der Waals surface area (Å²) in [6.45, 7) is 2.19. The van der Waals surface area contributed by atoms with E-state index in [1.807, 2.05) is 19.1 Å². The Morgan fingerprint density at radius 1 is 1.22 bits per heavy atom. The monoisotopic (exact) mass is 513 g/mol. The molecule has 2 N–H and O–H groups in total. The Labute approximate surface area is 210 Å². The van der Waals surface area contributed by atoms with E-state index >= 15 is 0 Å².